The summed E-state index contributed by atoms with van der Waals surface area (Å²) < 4.78 is 0. The Hall–Kier alpha value is -1.83. The highest BCUT2D eigenvalue weighted by Crippen LogP contribution is 2.46. The fourth-order valence-corrected chi connectivity index (χ4v) is 4.31. The van der Waals surface area contributed by atoms with Crippen molar-refractivity contribution in [1.29, 1.82) is 0 Å². The van der Waals surface area contributed by atoms with E-state index in [-0.39, 0.29) is 16.9 Å². The lowest BCUT2D eigenvalue weighted by Crippen LogP contribution is -2.35. The molecule has 0 amide bonds. The summed E-state index contributed by atoms with van der Waals surface area (Å²) in [5.74, 6) is 1.06. The van der Waals surface area contributed by atoms with Crippen LogP contribution >= 0.6 is 0 Å². The Kier molecular flexibility index (Phi) is 4.90. The van der Waals surface area contributed by atoms with Crippen LogP contribution in [0.5, 0.6) is 5.75 Å². The monoisotopic (exact) mass is 337 g/mol. The molecule has 0 aromatic heterocycles. The number of phenolic OH excluding ortho intramolecular Hbond substituents is 1. The van der Waals surface area contributed by atoms with E-state index in [1.54, 1.807) is 0 Å². The third-order valence-electron chi connectivity index (χ3n) is 5.98. The number of benzene rings is 1. The number of hydrogen-bond donors (Lipinski definition) is 1. The zero-order valence-electron chi connectivity index (χ0n) is 16.0. The molecule has 0 spiro atoms. The average molecular weight is 338 g/mol. The molecule has 3 rings (SSSR count). The van der Waals surface area contributed by atoms with Gasteiger partial charge in [0.2, 0.25) is 0 Å². The zero-order chi connectivity index (χ0) is 18.1. The fourth-order valence-electron chi connectivity index (χ4n) is 4.31. The van der Waals surface area contributed by atoms with Crippen LogP contribution < -0.4 is 0 Å². The van der Waals surface area contributed by atoms with Crippen molar-refractivity contribution in [3.05, 3.63) is 53.6 Å². The Morgan fingerprint density at radius 3 is 2.56 bits per heavy atom. The van der Waals surface area contributed by atoms with E-state index in [4.69, 9.17) is 4.99 Å². The number of rotatable bonds is 3. The lowest BCUT2D eigenvalue weighted by Gasteiger charge is -2.38. The Morgan fingerprint density at radius 1 is 1.16 bits per heavy atom. The Morgan fingerprint density at radius 2 is 1.88 bits per heavy atom. The van der Waals surface area contributed by atoms with Crippen molar-refractivity contribution < 1.29 is 5.11 Å². The molecular formula is C23H31NO. The lowest BCUT2D eigenvalue weighted by atomic mass is 9.69. The van der Waals surface area contributed by atoms with E-state index in [0.29, 0.717) is 11.7 Å². The summed E-state index contributed by atoms with van der Waals surface area (Å²) in [6, 6.07) is 6.09. The van der Waals surface area contributed by atoms with Crippen LogP contribution in [0.2, 0.25) is 0 Å². The number of phenols is 1. The summed E-state index contributed by atoms with van der Waals surface area (Å²) >= 11 is 0. The molecule has 0 saturated heterocycles. The fraction of sp³-hybridized carbons (Fsp3) is 0.522. The number of hydrogen-bond acceptors (Lipinski definition) is 2. The van der Waals surface area contributed by atoms with Gasteiger partial charge in [-0.1, -0.05) is 77.0 Å². The molecule has 2 heteroatoms. The predicted octanol–water partition coefficient (Wildman–Crippen LogP) is 5.80. The third kappa shape index (κ3) is 3.58. The maximum Gasteiger partial charge on any atom is 0.128 e. The minimum absolute atomic E-state index is 0.0823. The molecule has 1 aromatic carbocycles. The van der Waals surface area contributed by atoms with Crippen LogP contribution in [0.25, 0.3) is 0 Å². The maximum atomic E-state index is 10.7. The van der Waals surface area contributed by atoms with Crippen molar-refractivity contribution in [3.63, 3.8) is 0 Å². The average Bonchev–Trinajstić information content (AvgIpc) is 3.09. The van der Waals surface area contributed by atoms with E-state index < -0.39 is 0 Å². The molecule has 0 heterocycles. The van der Waals surface area contributed by atoms with Gasteiger partial charge in [-0.3, -0.25) is 4.99 Å². The highest BCUT2D eigenvalue weighted by Gasteiger charge is 2.40. The van der Waals surface area contributed by atoms with Gasteiger partial charge in [-0.15, -0.1) is 0 Å². The van der Waals surface area contributed by atoms with Crippen LogP contribution in [0.1, 0.15) is 64.5 Å². The largest absolute Gasteiger partial charge is 0.507 e. The smallest absolute Gasteiger partial charge is 0.128 e. The molecule has 1 N–H and O–H groups in total. The van der Waals surface area contributed by atoms with Gasteiger partial charge in [-0.05, 0) is 35.8 Å². The SMILES string of the molecule is CC(C)(C)c1cccc(C=NC2C=CC=CC2(C)C2CCCC2)c1O. The van der Waals surface area contributed by atoms with E-state index >= 15 is 0 Å². The summed E-state index contributed by atoms with van der Waals surface area (Å²) in [6.07, 6.45) is 16.0. The predicted molar refractivity (Wildman–Crippen MR) is 107 cm³/mol. The Bertz CT molecular complexity index is 701. The van der Waals surface area contributed by atoms with Crippen molar-refractivity contribution in [1.82, 2.24) is 0 Å². The van der Waals surface area contributed by atoms with Crippen molar-refractivity contribution >= 4 is 6.21 Å². The van der Waals surface area contributed by atoms with E-state index in [9.17, 15) is 5.11 Å². The molecule has 2 atom stereocenters. The summed E-state index contributed by atoms with van der Waals surface area (Å²) in [5, 5.41) is 10.7. The highest BCUT2D eigenvalue weighted by atomic mass is 16.3. The topological polar surface area (TPSA) is 32.6 Å². The minimum Gasteiger partial charge on any atom is -0.507 e. The zero-order valence-corrected chi connectivity index (χ0v) is 16.0. The lowest BCUT2D eigenvalue weighted by molar-refractivity contribution is 0.233. The van der Waals surface area contributed by atoms with Crippen molar-refractivity contribution in [2.24, 2.45) is 16.3 Å². The van der Waals surface area contributed by atoms with Gasteiger partial charge >= 0.3 is 0 Å². The van der Waals surface area contributed by atoms with Crippen LogP contribution in [0.3, 0.4) is 0 Å². The first kappa shape index (κ1) is 18.0. The Labute approximate surface area is 152 Å². The quantitative estimate of drug-likeness (QED) is 0.695. The van der Waals surface area contributed by atoms with Crippen LogP contribution in [-0.2, 0) is 5.41 Å². The number of aliphatic imine (C=N–C) groups is 1. The molecule has 2 aliphatic rings. The summed E-state index contributed by atoms with van der Waals surface area (Å²) in [7, 11) is 0. The number of aromatic hydroxyl groups is 1. The van der Waals surface area contributed by atoms with Gasteiger partial charge in [-0.2, -0.15) is 0 Å². The maximum absolute atomic E-state index is 10.7. The van der Waals surface area contributed by atoms with Gasteiger partial charge in [0, 0.05) is 17.2 Å². The first-order chi connectivity index (χ1) is 11.8. The molecule has 1 saturated carbocycles. The molecule has 0 aliphatic heterocycles. The molecule has 2 unspecified atom stereocenters. The molecule has 2 nitrogen and oxygen atoms in total. The molecule has 0 bridgehead atoms. The molecule has 134 valence electrons. The van der Waals surface area contributed by atoms with Crippen LogP contribution in [0.4, 0.5) is 0 Å². The number of nitrogens with zero attached hydrogens (tertiary/aromatic N) is 1. The normalized spacial score (nSPS) is 27.4. The molecule has 2 aliphatic carbocycles. The minimum atomic E-state index is -0.0836. The number of para-hydroxylation sites is 1. The third-order valence-corrected chi connectivity index (χ3v) is 5.98. The summed E-state index contributed by atoms with van der Waals surface area (Å²) in [4.78, 5) is 4.91. The molecule has 1 fully saturated rings. The van der Waals surface area contributed by atoms with Gasteiger partial charge in [0.15, 0.2) is 0 Å². The second-order valence-electron chi connectivity index (χ2n) is 8.81. The van der Waals surface area contributed by atoms with Gasteiger partial charge in [0.05, 0.1) is 6.04 Å². The van der Waals surface area contributed by atoms with E-state index in [1.807, 2.05) is 24.4 Å². The summed E-state index contributed by atoms with van der Waals surface area (Å²) in [5.41, 5.74) is 1.77. The number of allylic oxidation sites excluding steroid dienone is 2. The van der Waals surface area contributed by atoms with Crippen LogP contribution in [0.15, 0.2) is 47.5 Å². The van der Waals surface area contributed by atoms with E-state index in [0.717, 1.165) is 11.1 Å². The van der Waals surface area contributed by atoms with Gasteiger partial charge < -0.3 is 5.11 Å². The van der Waals surface area contributed by atoms with Gasteiger partial charge in [0.25, 0.3) is 0 Å². The van der Waals surface area contributed by atoms with Crippen molar-refractivity contribution in [2.45, 2.75) is 64.8 Å². The first-order valence-corrected chi connectivity index (χ1v) is 9.54. The second-order valence-corrected chi connectivity index (χ2v) is 8.81. The highest BCUT2D eigenvalue weighted by molar-refractivity contribution is 5.84. The standard InChI is InChI=1S/C23H31NO/c1-22(2,3)19-13-9-10-17(21(19)25)16-24-20-14-7-8-15-23(20,4)18-11-5-6-12-18/h7-10,13-16,18,20,25H,5-6,11-12H2,1-4H3. The van der Waals surface area contributed by atoms with Gasteiger partial charge in [0.1, 0.15) is 5.75 Å². The van der Waals surface area contributed by atoms with Crippen molar-refractivity contribution in [3.8, 4) is 5.75 Å². The Balaban J connectivity index is 1.88. The molecule has 1 aromatic rings. The summed E-state index contributed by atoms with van der Waals surface area (Å²) in [6.45, 7) is 8.70. The molecular weight excluding hydrogens is 306 g/mol. The van der Waals surface area contributed by atoms with Crippen LogP contribution in [0, 0.1) is 11.3 Å². The van der Waals surface area contributed by atoms with Crippen molar-refractivity contribution in [2.75, 3.05) is 0 Å². The van der Waals surface area contributed by atoms with E-state index in [1.165, 1.54) is 25.7 Å². The van der Waals surface area contributed by atoms with Gasteiger partial charge in [-0.25, -0.2) is 0 Å². The van der Waals surface area contributed by atoms with E-state index in [2.05, 4.69) is 52.0 Å². The molecule has 25 heavy (non-hydrogen) atoms. The first-order valence-electron chi connectivity index (χ1n) is 9.54. The second kappa shape index (κ2) is 6.82. The molecule has 0 radical (unpaired) electrons. The van der Waals surface area contributed by atoms with Crippen LogP contribution in [-0.4, -0.2) is 17.4 Å².